The van der Waals surface area contributed by atoms with Gasteiger partial charge in [-0.1, -0.05) is 6.07 Å². The maximum atomic E-state index is 11.8. The molecule has 0 aliphatic carbocycles. The summed E-state index contributed by atoms with van der Waals surface area (Å²) in [5, 5.41) is 15.1. The molecule has 0 aliphatic heterocycles. The van der Waals surface area contributed by atoms with E-state index in [1.165, 1.54) is 6.26 Å². The van der Waals surface area contributed by atoms with Gasteiger partial charge in [0.05, 0.1) is 18.2 Å². The molecule has 0 fully saturated rings. The van der Waals surface area contributed by atoms with Crippen LogP contribution in [-0.2, 0) is 0 Å². The zero-order chi connectivity index (χ0) is 14.4. The number of carbonyl (C=O) groups is 1. The first kappa shape index (κ1) is 14.4. The molecule has 2 rings (SSSR count). The van der Waals surface area contributed by atoms with E-state index in [1.807, 2.05) is 6.07 Å². The van der Waals surface area contributed by atoms with Crippen molar-refractivity contribution in [2.45, 2.75) is 6.10 Å². The summed E-state index contributed by atoms with van der Waals surface area (Å²) >= 11 is 5.52. The van der Waals surface area contributed by atoms with Crippen LogP contribution in [0.25, 0.3) is 0 Å². The Kier molecular flexibility index (Phi) is 5.03. The standard InChI is InChI=1S/C14H15ClN2O3/c15-8-12(18)9-16-10-3-1-4-11(7-10)17-14(19)13-5-2-6-20-13/h1-7,12,16,18H,8-9H2,(H,17,19). The van der Waals surface area contributed by atoms with Gasteiger partial charge < -0.3 is 20.2 Å². The Hall–Kier alpha value is -1.98. The van der Waals surface area contributed by atoms with E-state index in [1.54, 1.807) is 30.3 Å². The highest BCUT2D eigenvalue weighted by Gasteiger charge is 2.09. The molecule has 2 aromatic rings. The highest BCUT2D eigenvalue weighted by atomic mass is 35.5. The number of aliphatic hydroxyl groups excluding tert-OH is 1. The SMILES string of the molecule is O=C(Nc1cccc(NCC(O)CCl)c1)c1ccco1. The Morgan fingerprint density at radius 1 is 1.30 bits per heavy atom. The van der Waals surface area contributed by atoms with Gasteiger partial charge >= 0.3 is 0 Å². The highest BCUT2D eigenvalue weighted by Crippen LogP contribution is 2.16. The maximum Gasteiger partial charge on any atom is 0.291 e. The van der Waals surface area contributed by atoms with Crippen molar-refractivity contribution >= 4 is 28.9 Å². The number of alkyl halides is 1. The molecule has 1 atom stereocenters. The fourth-order valence-electron chi connectivity index (χ4n) is 1.60. The topological polar surface area (TPSA) is 74.5 Å². The molecule has 0 aliphatic rings. The zero-order valence-corrected chi connectivity index (χ0v) is 11.4. The number of hydrogen-bond acceptors (Lipinski definition) is 4. The molecule has 6 heteroatoms. The fourth-order valence-corrected chi connectivity index (χ4v) is 1.71. The summed E-state index contributed by atoms with van der Waals surface area (Å²) in [5.41, 5.74) is 1.42. The van der Waals surface area contributed by atoms with Gasteiger partial charge in [-0.05, 0) is 30.3 Å². The van der Waals surface area contributed by atoms with E-state index in [2.05, 4.69) is 10.6 Å². The van der Waals surface area contributed by atoms with Crippen molar-refractivity contribution in [3.05, 3.63) is 48.4 Å². The van der Waals surface area contributed by atoms with Crippen LogP contribution >= 0.6 is 11.6 Å². The normalized spacial score (nSPS) is 11.9. The van der Waals surface area contributed by atoms with Crippen LogP contribution in [0.1, 0.15) is 10.6 Å². The number of anilines is 2. The summed E-state index contributed by atoms with van der Waals surface area (Å²) in [4.78, 5) is 11.8. The first-order chi connectivity index (χ1) is 9.69. The van der Waals surface area contributed by atoms with E-state index >= 15 is 0 Å². The second-order valence-corrected chi connectivity index (χ2v) is 4.51. The summed E-state index contributed by atoms with van der Waals surface area (Å²) in [6, 6.07) is 10.4. The van der Waals surface area contributed by atoms with Crippen LogP contribution in [-0.4, -0.2) is 29.5 Å². The van der Waals surface area contributed by atoms with Gasteiger partial charge in [-0.15, -0.1) is 11.6 Å². The minimum atomic E-state index is -0.613. The third-order valence-electron chi connectivity index (χ3n) is 2.59. The Balaban J connectivity index is 1.97. The van der Waals surface area contributed by atoms with Gasteiger partial charge in [-0.25, -0.2) is 0 Å². The molecule has 20 heavy (non-hydrogen) atoms. The summed E-state index contributed by atoms with van der Waals surface area (Å²) in [6.07, 6.45) is 0.832. The molecule has 0 spiro atoms. The van der Waals surface area contributed by atoms with E-state index in [-0.39, 0.29) is 17.5 Å². The van der Waals surface area contributed by atoms with Crippen molar-refractivity contribution in [3.63, 3.8) is 0 Å². The second kappa shape index (κ2) is 6.98. The Bertz CT molecular complexity index is 557. The number of benzene rings is 1. The summed E-state index contributed by atoms with van der Waals surface area (Å²) in [7, 11) is 0. The molecular formula is C14H15ClN2O3. The van der Waals surface area contributed by atoms with Crippen LogP contribution in [0.15, 0.2) is 47.1 Å². The molecule has 1 unspecified atom stereocenters. The van der Waals surface area contributed by atoms with Gasteiger partial charge in [0, 0.05) is 17.9 Å². The predicted molar refractivity (Wildman–Crippen MR) is 78.3 cm³/mol. The Labute approximate surface area is 121 Å². The molecule has 0 bridgehead atoms. The van der Waals surface area contributed by atoms with E-state index < -0.39 is 6.10 Å². The number of hydrogen-bond donors (Lipinski definition) is 3. The van der Waals surface area contributed by atoms with Gasteiger partial charge in [0.25, 0.3) is 5.91 Å². The number of furan rings is 1. The maximum absolute atomic E-state index is 11.8. The lowest BCUT2D eigenvalue weighted by atomic mass is 10.2. The molecule has 1 heterocycles. The summed E-state index contributed by atoms with van der Waals surface area (Å²) in [5.74, 6) is 0.107. The van der Waals surface area contributed by atoms with Crippen LogP contribution in [0.4, 0.5) is 11.4 Å². The largest absolute Gasteiger partial charge is 0.459 e. The smallest absolute Gasteiger partial charge is 0.291 e. The van der Waals surface area contributed by atoms with E-state index in [0.717, 1.165) is 5.69 Å². The monoisotopic (exact) mass is 294 g/mol. The number of halogens is 1. The van der Waals surface area contributed by atoms with Crippen LogP contribution in [0.2, 0.25) is 0 Å². The fraction of sp³-hybridized carbons (Fsp3) is 0.214. The number of nitrogens with one attached hydrogen (secondary N) is 2. The average Bonchev–Trinajstić information content (AvgIpc) is 2.99. The zero-order valence-electron chi connectivity index (χ0n) is 10.7. The summed E-state index contributed by atoms with van der Waals surface area (Å²) in [6.45, 7) is 0.346. The third kappa shape index (κ3) is 4.01. The number of amides is 1. The predicted octanol–water partition coefficient (Wildman–Crippen LogP) is 2.54. The molecule has 1 amide bonds. The molecule has 106 valence electrons. The highest BCUT2D eigenvalue weighted by molar-refractivity contribution is 6.18. The van der Waals surface area contributed by atoms with Gasteiger partial charge in [-0.2, -0.15) is 0 Å². The average molecular weight is 295 g/mol. The minimum Gasteiger partial charge on any atom is -0.459 e. The Morgan fingerprint density at radius 3 is 2.80 bits per heavy atom. The van der Waals surface area contributed by atoms with E-state index in [0.29, 0.717) is 12.2 Å². The summed E-state index contributed by atoms with van der Waals surface area (Å²) < 4.78 is 5.02. The molecule has 0 radical (unpaired) electrons. The number of carbonyl (C=O) groups excluding carboxylic acids is 1. The minimum absolute atomic E-state index is 0.169. The van der Waals surface area contributed by atoms with Crippen molar-refractivity contribution in [2.75, 3.05) is 23.1 Å². The van der Waals surface area contributed by atoms with Crippen LogP contribution in [0, 0.1) is 0 Å². The van der Waals surface area contributed by atoms with Crippen molar-refractivity contribution in [3.8, 4) is 0 Å². The Morgan fingerprint density at radius 2 is 2.10 bits per heavy atom. The van der Waals surface area contributed by atoms with Crippen molar-refractivity contribution in [1.82, 2.24) is 0 Å². The third-order valence-corrected chi connectivity index (χ3v) is 2.94. The van der Waals surface area contributed by atoms with Gasteiger partial charge in [0.2, 0.25) is 0 Å². The van der Waals surface area contributed by atoms with E-state index in [4.69, 9.17) is 16.0 Å². The van der Waals surface area contributed by atoms with Gasteiger partial charge in [-0.3, -0.25) is 4.79 Å². The first-order valence-electron chi connectivity index (χ1n) is 6.12. The molecule has 0 saturated heterocycles. The molecule has 5 nitrogen and oxygen atoms in total. The molecule has 3 N–H and O–H groups in total. The molecular weight excluding hydrogens is 280 g/mol. The first-order valence-corrected chi connectivity index (χ1v) is 6.65. The second-order valence-electron chi connectivity index (χ2n) is 4.20. The molecule has 0 saturated carbocycles. The van der Waals surface area contributed by atoms with Gasteiger partial charge in [0.15, 0.2) is 5.76 Å². The number of rotatable bonds is 6. The van der Waals surface area contributed by atoms with E-state index in [9.17, 15) is 9.90 Å². The lowest BCUT2D eigenvalue weighted by Crippen LogP contribution is -2.20. The van der Waals surface area contributed by atoms with Crippen LogP contribution in [0.3, 0.4) is 0 Å². The molecule has 1 aromatic carbocycles. The number of aliphatic hydroxyl groups is 1. The molecule has 1 aromatic heterocycles. The van der Waals surface area contributed by atoms with Crippen molar-refractivity contribution in [2.24, 2.45) is 0 Å². The van der Waals surface area contributed by atoms with Crippen molar-refractivity contribution in [1.29, 1.82) is 0 Å². The van der Waals surface area contributed by atoms with Crippen LogP contribution < -0.4 is 10.6 Å². The quantitative estimate of drug-likeness (QED) is 0.716. The lowest BCUT2D eigenvalue weighted by Gasteiger charge is -2.11. The van der Waals surface area contributed by atoms with Crippen molar-refractivity contribution < 1.29 is 14.3 Å². The lowest BCUT2D eigenvalue weighted by molar-refractivity contribution is 0.0996. The van der Waals surface area contributed by atoms with Gasteiger partial charge in [0.1, 0.15) is 0 Å². The van der Waals surface area contributed by atoms with Crippen LogP contribution in [0.5, 0.6) is 0 Å².